The molecule has 0 aromatic heterocycles. The first-order chi connectivity index (χ1) is 11.5. The van der Waals surface area contributed by atoms with E-state index in [0.29, 0.717) is 0 Å². The summed E-state index contributed by atoms with van der Waals surface area (Å²) in [6.07, 6.45) is 8.64. The molecule has 0 atom stereocenters. The Hall–Kier alpha value is -1.36. The van der Waals surface area contributed by atoms with Gasteiger partial charge < -0.3 is 9.31 Å². The van der Waals surface area contributed by atoms with Crippen molar-refractivity contribution >= 4 is 21.3 Å². The lowest BCUT2D eigenvalue weighted by atomic mass is 9.90. The lowest BCUT2D eigenvalue weighted by Crippen LogP contribution is -2.41. The second-order valence-corrected chi connectivity index (χ2v) is 13.7. The Labute approximate surface area is 154 Å². The second kappa shape index (κ2) is 7.48. The zero-order valence-corrected chi connectivity index (χ0v) is 17.7. The van der Waals surface area contributed by atoms with Crippen molar-refractivity contribution in [3.8, 4) is 0 Å². The van der Waals surface area contributed by atoms with E-state index >= 15 is 0 Å². The van der Waals surface area contributed by atoms with Crippen molar-refractivity contribution in [1.29, 1.82) is 0 Å². The smallest absolute Gasteiger partial charge is 0.400 e. The van der Waals surface area contributed by atoms with Crippen LogP contribution in [0.1, 0.15) is 33.3 Å². The van der Waals surface area contributed by atoms with Gasteiger partial charge in [0.25, 0.3) is 0 Å². The molecule has 1 heterocycles. The molecule has 0 N–H and O–H groups in total. The van der Waals surface area contributed by atoms with Crippen molar-refractivity contribution in [2.24, 2.45) is 0 Å². The molecule has 0 radical (unpaired) electrons. The van der Waals surface area contributed by atoms with Crippen molar-refractivity contribution in [3.63, 3.8) is 0 Å². The first kappa shape index (κ1) is 20.0. The predicted octanol–water partition coefficient (Wildman–Crippen LogP) is 5.69. The van der Waals surface area contributed by atoms with Crippen LogP contribution in [0.15, 0.2) is 59.7 Å². The Morgan fingerprint density at radius 2 is 1.48 bits per heavy atom. The predicted molar refractivity (Wildman–Crippen MR) is 112 cm³/mol. The van der Waals surface area contributed by atoms with Crippen LogP contribution >= 0.6 is 0 Å². The zero-order chi connectivity index (χ0) is 18.7. The van der Waals surface area contributed by atoms with Gasteiger partial charge in [-0.15, -0.1) is 0 Å². The van der Waals surface area contributed by atoms with Crippen molar-refractivity contribution in [1.82, 2.24) is 0 Å². The van der Waals surface area contributed by atoms with Gasteiger partial charge in [-0.05, 0) is 33.3 Å². The summed E-state index contributed by atoms with van der Waals surface area (Å²) in [6.45, 7) is 15.4. The molecule has 0 amide bonds. The summed E-state index contributed by atoms with van der Waals surface area (Å²) < 4.78 is 12.0. The van der Waals surface area contributed by atoms with Gasteiger partial charge in [-0.1, -0.05) is 85.4 Å². The zero-order valence-electron chi connectivity index (χ0n) is 16.7. The molecule has 2 nitrogen and oxygen atoms in total. The van der Waals surface area contributed by atoms with Crippen LogP contribution in [-0.2, 0) is 9.31 Å². The van der Waals surface area contributed by atoms with Gasteiger partial charge in [-0.25, -0.2) is 0 Å². The topological polar surface area (TPSA) is 18.5 Å². The molecule has 1 fully saturated rings. The van der Waals surface area contributed by atoms with Crippen LogP contribution < -0.4 is 0 Å². The Bertz CT molecular complexity index is 651. The van der Waals surface area contributed by atoms with Crippen molar-refractivity contribution in [3.05, 3.63) is 65.3 Å². The number of hydrogen-bond donors (Lipinski definition) is 0. The molecule has 2 rings (SSSR count). The average molecular weight is 354 g/mol. The van der Waals surface area contributed by atoms with Crippen LogP contribution in [0.25, 0.3) is 6.08 Å². The van der Waals surface area contributed by atoms with Crippen LogP contribution in [0.4, 0.5) is 0 Å². The molecule has 4 heteroatoms. The SMILES string of the molecule is CC1(C)OB(/C=C/C=C/C(=C\c2ccccc2)[Si](C)(C)C)OC1(C)C. The third-order valence-electron chi connectivity index (χ3n) is 4.91. The van der Waals surface area contributed by atoms with Gasteiger partial charge in [0.15, 0.2) is 0 Å². The monoisotopic (exact) mass is 354 g/mol. The molecule has 1 saturated heterocycles. The molecular formula is C21H31BO2Si. The van der Waals surface area contributed by atoms with Gasteiger partial charge in [-0.3, -0.25) is 0 Å². The highest BCUT2D eigenvalue weighted by Gasteiger charge is 2.49. The summed E-state index contributed by atoms with van der Waals surface area (Å²) in [4.78, 5) is 0. The van der Waals surface area contributed by atoms with Gasteiger partial charge in [0.2, 0.25) is 0 Å². The first-order valence-electron chi connectivity index (χ1n) is 8.99. The lowest BCUT2D eigenvalue weighted by molar-refractivity contribution is 0.00578. The van der Waals surface area contributed by atoms with E-state index in [0.717, 1.165) is 0 Å². The van der Waals surface area contributed by atoms with E-state index in [4.69, 9.17) is 9.31 Å². The quantitative estimate of drug-likeness (QED) is 0.499. The largest absolute Gasteiger partial charge is 0.487 e. The molecule has 1 aromatic rings. The van der Waals surface area contributed by atoms with Gasteiger partial charge in [-0.2, -0.15) is 0 Å². The van der Waals surface area contributed by atoms with Gasteiger partial charge in [0.05, 0.1) is 19.3 Å². The van der Waals surface area contributed by atoms with Crippen molar-refractivity contribution < 1.29 is 9.31 Å². The summed E-state index contributed by atoms with van der Waals surface area (Å²) >= 11 is 0. The minimum Gasteiger partial charge on any atom is -0.400 e. The fourth-order valence-corrected chi connectivity index (χ4v) is 3.72. The third-order valence-corrected chi connectivity index (χ3v) is 6.96. The third kappa shape index (κ3) is 5.31. The molecule has 0 spiro atoms. The molecular weight excluding hydrogens is 323 g/mol. The van der Waals surface area contributed by atoms with E-state index in [2.05, 4.69) is 95.9 Å². The van der Waals surface area contributed by atoms with E-state index in [9.17, 15) is 0 Å². The lowest BCUT2D eigenvalue weighted by Gasteiger charge is -2.32. The Morgan fingerprint density at radius 3 is 2.00 bits per heavy atom. The number of allylic oxidation sites excluding steroid dienone is 4. The van der Waals surface area contributed by atoms with E-state index in [-0.39, 0.29) is 18.3 Å². The number of rotatable bonds is 5. The van der Waals surface area contributed by atoms with Crippen LogP contribution in [0, 0.1) is 0 Å². The fourth-order valence-electron chi connectivity index (χ4n) is 2.52. The Morgan fingerprint density at radius 1 is 0.920 bits per heavy atom. The minimum atomic E-state index is -1.42. The highest BCUT2D eigenvalue weighted by Crippen LogP contribution is 2.36. The summed E-state index contributed by atoms with van der Waals surface area (Å²) in [5.41, 5.74) is 0.671. The summed E-state index contributed by atoms with van der Waals surface area (Å²) in [5.74, 6) is 1.98. The van der Waals surface area contributed by atoms with Crippen LogP contribution in [-0.4, -0.2) is 26.4 Å². The molecule has 134 valence electrons. The summed E-state index contributed by atoms with van der Waals surface area (Å²) in [6, 6.07) is 10.5. The molecule has 25 heavy (non-hydrogen) atoms. The van der Waals surface area contributed by atoms with Crippen molar-refractivity contribution in [2.75, 3.05) is 0 Å². The van der Waals surface area contributed by atoms with Crippen molar-refractivity contribution in [2.45, 2.75) is 58.5 Å². The maximum atomic E-state index is 5.99. The maximum Gasteiger partial charge on any atom is 0.487 e. The van der Waals surface area contributed by atoms with Crippen LogP contribution in [0.5, 0.6) is 0 Å². The molecule has 0 aliphatic carbocycles. The highest BCUT2D eigenvalue weighted by atomic mass is 28.3. The van der Waals surface area contributed by atoms with E-state index < -0.39 is 8.07 Å². The molecule has 0 unspecified atom stereocenters. The molecule has 1 aromatic carbocycles. The van der Waals surface area contributed by atoms with Gasteiger partial charge in [0.1, 0.15) is 0 Å². The summed E-state index contributed by atoms with van der Waals surface area (Å²) in [7, 11) is -1.71. The normalized spacial score (nSPS) is 20.8. The molecule has 0 saturated carbocycles. The fraction of sp³-hybridized carbons (Fsp3) is 0.429. The Balaban J connectivity index is 2.09. The standard InChI is InChI=1S/C21H31BO2Si/c1-20(2)21(3,4)24-22(23-20)16-12-11-15-19(25(5,6)7)17-18-13-9-8-10-14-18/h8-17H,1-7H3/b15-11+,16-12+,19-17+. The summed E-state index contributed by atoms with van der Waals surface area (Å²) in [5, 5.41) is 1.41. The molecule has 1 aliphatic heterocycles. The van der Waals surface area contributed by atoms with Crippen LogP contribution in [0.3, 0.4) is 0 Å². The Kier molecular flexibility index (Phi) is 5.98. The second-order valence-electron chi connectivity index (χ2n) is 8.63. The van der Waals surface area contributed by atoms with E-state index in [1.165, 1.54) is 10.8 Å². The highest BCUT2D eigenvalue weighted by molar-refractivity contribution is 6.84. The van der Waals surface area contributed by atoms with Gasteiger partial charge in [0, 0.05) is 0 Å². The van der Waals surface area contributed by atoms with E-state index in [1.54, 1.807) is 0 Å². The molecule has 0 bridgehead atoms. The average Bonchev–Trinajstić information content (AvgIpc) is 2.70. The number of hydrogen-bond acceptors (Lipinski definition) is 2. The van der Waals surface area contributed by atoms with Gasteiger partial charge >= 0.3 is 7.12 Å². The van der Waals surface area contributed by atoms with E-state index in [1.807, 2.05) is 12.1 Å². The van der Waals surface area contributed by atoms with Crippen LogP contribution in [0.2, 0.25) is 19.6 Å². The molecule has 1 aliphatic rings. The maximum absolute atomic E-state index is 5.99. The minimum absolute atomic E-state index is 0.289. The first-order valence-corrected chi connectivity index (χ1v) is 12.5. The number of benzene rings is 1.